The number of amides is 1. The number of aliphatic carboxylic acids is 1. The number of hydrogen-bond acceptors (Lipinski definition) is 5. The second kappa shape index (κ2) is 7.94. The molecule has 2 rings (SSSR count). The van der Waals surface area contributed by atoms with Gasteiger partial charge in [-0.05, 0) is 24.3 Å². The van der Waals surface area contributed by atoms with Gasteiger partial charge < -0.3 is 14.7 Å². The predicted octanol–water partition coefficient (Wildman–Crippen LogP) is 0.500. The average Bonchev–Trinajstić information content (AvgIpc) is 2.61. The van der Waals surface area contributed by atoms with Gasteiger partial charge in [0.2, 0.25) is 10.0 Å². The van der Waals surface area contributed by atoms with Crippen LogP contribution >= 0.6 is 0 Å². The molecular weight excluding hydrogens is 348 g/mol. The molecule has 1 heterocycles. The Labute approximate surface area is 147 Å². The van der Waals surface area contributed by atoms with Crippen molar-refractivity contribution >= 4 is 21.9 Å². The Kier molecular flexibility index (Phi) is 6.15. The van der Waals surface area contributed by atoms with Crippen molar-refractivity contribution in [1.29, 1.82) is 0 Å². The van der Waals surface area contributed by atoms with Crippen LogP contribution in [0.25, 0.3) is 0 Å². The lowest BCUT2D eigenvalue weighted by molar-refractivity contribution is -0.141. The molecule has 1 N–H and O–H groups in total. The van der Waals surface area contributed by atoms with Gasteiger partial charge >= 0.3 is 5.97 Å². The van der Waals surface area contributed by atoms with Crippen molar-refractivity contribution in [1.82, 2.24) is 9.21 Å². The van der Waals surface area contributed by atoms with Gasteiger partial charge in [-0.1, -0.05) is 6.92 Å². The summed E-state index contributed by atoms with van der Waals surface area (Å²) in [5, 5.41) is 8.92. The van der Waals surface area contributed by atoms with Crippen LogP contribution in [-0.2, 0) is 19.6 Å². The van der Waals surface area contributed by atoms with Crippen LogP contribution in [0.15, 0.2) is 29.2 Å². The summed E-state index contributed by atoms with van der Waals surface area (Å²) in [5.41, 5.74) is 0.405. The molecule has 0 bridgehead atoms. The summed E-state index contributed by atoms with van der Waals surface area (Å²) in [6.07, 6.45) is 0. The number of morpholine rings is 1. The Hall–Kier alpha value is -1.97. The molecule has 1 amide bonds. The van der Waals surface area contributed by atoms with Crippen molar-refractivity contribution in [2.75, 3.05) is 39.9 Å². The monoisotopic (exact) mass is 370 g/mol. The van der Waals surface area contributed by atoms with Gasteiger partial charge in [-0.3, -0.25) is 9.59 Å². The van der Waals surface area contributed by atoms with Crippen molar-refractivity contribution < 1.29 is 27.9 Å². The Bertz CT molecular complexity index is 725. The quantitative estimate of drug-likeness (QED) is 0.782. The van der Waals surface area contributed by atoms with Crippen molar-refractivity contribution in [2.24, 2.45) is 5.92 Å². The van der Waals surface area contributed by atoms with Crippen LogP contribution in [0, 0.1) is 5.92 Å². The first-order valence-electron chi connectivity index (χ1n) is 7.89. The third-order valence-electron chi connectivity index (χ3n) is 4.06. The van der Waals surface area contributed by atoms with Crippen LogP contribution in [0.5, 0.6) is 0 Å². The first kappa shape index (κ1) is 19.4. The lowest BCUT2D eigenvalue weighted by Crippen LogP contribution is -2.40. The minimum absolute atomic E-state index is 0.0196. The molecule has 1 saturated heterocycles. The third-order valence-corrected chi connectivity index (χ3v) is 5.90. The number of ether oxygens (including phenoxy) is 1. The zero-order valence-electron chi connectivity index (χ0n) is 14.2. The Morgan fingerprint density at radius 1 is 1.24 bits per heavy atom. The van der Waals surface area contributed by atoms with E-state index in [0.29, 0.717) is 31.9 Å². The molecule has 1 atom stereocenters. The number of carbonyl (C=O) groups excluding carboxylic acids is 1. The highest BCUT2D eigenvalue weighted by molar-refractivity contribution is 7.89. The minimum Gasteiger partial charge on any atom is -0.481 e. The van der Waals surface area contributed by atoms with Crippen LogP contribution < -0.4 is 0 Å². The summed E-state index contributed by atoms with van der Waals surface area (Å²) >= 11 is 0. The Balaban J connectivity index is 2.12. The third kappa shape index (κ3) is 4.56. The molecule has 0 spiro atoms. The fraction of sp³-hybridized carbons (Fsp3) is 0.500. The van der Waals surface area contributed by atoms with Crippen LogP contribution in [0.3, 0.4) is 0 Å². The highest BCUT2D eigenvalue weighted by Gasteiger charge is 2.25. The second-order valence-electron chi connectivity index (χ2n) is 5.95. The molecule has 0 radical (unpaired) electrons. The maximum atomic E-state index is 12.5. The van der Waals surface area contributed by atoms with Crippen LogP contribution in [0.4, 0.5) is 0 Å². The SMILES string of the molecule is CC(CN(C)S(=O)(=O)c1ccc(C(=O)N2CCOCC2)cc1)C(=O)O. The van der Waals surface area contributed by atoms with Gasteiger partial charge in [-0.25, -0.2) is 12.7 Å². The first-order chi connectivity index (χ1) is 11.7. The maximum Gasteiger partial charge on any atom is 0.307 e. The molecule has 1 aromatic rings. The molecule has 25 heavy (non-hydrogen) atoms. The highest BCUT2D eigenvalue weighted by atomic mass is 32.2. The van der Waals surface area contributed by atoms with E-state index in [0.717, 1.165) is 4.31 Å². The average molecular weight is 370 g/mol. The van der Waals surface area contributed by atoms with Gasteiger partial charge in [-0.2, -0.15) is 0 Å². The van der Waals surface area contributed by atoms with Crippen molar-refractivity contribution in [2.45, 2.75) is 11.8 Å². The summed E-state index contributed by atoms with van der Waals surface area (Å²) < 4.78 is 31.2. The number of hydrogen-bond donors (Lipinski definition) is 1. The summed E-state index contributed by atoms with van der Waals surface area (Å²) in [6.45, 7) is 3.31. The van der Waals surface area contributed by atoms with Crippen molar-refractivity contribution in [3.05, 3.63) is 29.8 Å². The highest BCUT2D eigenvalue weighted by Crippen LogP contribution is 2.17. The second-order valence-corrected chi connectivity index (χ2v) is 8.00. The molecule has 138 valence electrons. The van der Waals surface area contributed by atoms with E-state index in [9.17, 15) is 18.0 Å². The van der Waals surface area contributed by atoms with Crippen molar-refractivity contribution in [3.8, 4) is 0 Å². The van der Waals surface area contributed by atoms with Gasteiger partial charge in [0.25, 0.3) is 5.91 Å². The van der Waals surface area contributed by atoms with E-state index in [1.807, 2.05) is 0 Å². The molecule has 1 aliphatic rings. The van der Waals surface area contributed by atoms with Crippen molar-refractivity contribution in [3.63, 3.8) is 0 Å². The van der Waals surface area contributed by atoms with E-state index in [1.165, 1.54) is 38.2 Å². The number of nitrogens with zero attached hydrogens (tertiary/aromatic N) is 2. The van der Waals surface area contributed by atoms with E-state index < -0.39 is 21.9 Å². The predicted molar refractivity (Wildman–Crippen MR) is 89.8 cm³/mol. The zero-order valence-corrected chi connectivity index (χ0v) is 15.0. The first-order valence-corrected chi connectivity index (χ1v) is 9.33. The van der Waals surface area contributed by atoms with E-state index in [-0.39, 0.29) is 17.3 Å². The molecular formula is C16H22N2O6S. The number of sulfonamides is 1. The Morgan fingerprint density at radius 2 is 1.80 bits per heavy atom. The van der Waals surface area contributed by atoms with E-state index >= 15 is 0 Å². The molecule has 1 unspecified atom stereocenters. The fourth-order valence-corrected chi connectivity index (χ4v) is 3.72. The van der Waals surface area contributed by atoms with E-state index in [4.69, 9.17) is 9.84 Å². The number of carboxylic acid groups (broad SMARTS) is 1. The standard InChI is InChI=1S/C16H22N2O6S/c1-12(16(20)21)11-17(2)25(22,23)14-5-3-13(4-6-14)15(19)18-7-9-24-10-8-18/h3-6,12H,7-11H2,1-2H3,(H,20,21). The summed E-state index contributed by atoms with van der Waals surface area (Å²) in [4.78, 5) is 24.9. The smallest absolute Gasteiger partial charge is 0.307 e. The number of rotatable bonds is 6. The zero-order chi connectivity index (χ0) is 18.6. The molecule has 0 aliphatic carbocycles. The van der Waals surface area contributed by atoms with Gasteiger partial charge in [0.15, 0.2) is 0 Å². The van der Waals surface area contributed by atoms with E-state index in [1.54, 1.807) is 4.90 Å². The lowest BCUT2D eigenvalue weighted by Gasteiger charge is -2.27. The number of carboxylic acids is 1. The van der Waals surface area contributed by atoms with Gasteiger partial charge in [0, 0.05) is 32.2 Å². The molecule has 1 aromatic carbocycles. The summed E-state index contributed by atoms with van der Waals surface area (Å²) in [7, 11) is -2.47. The van der Waals surface area contributed by atoms with Gasteiger partial charge in [0.05, 0.1) is 24.0 Å². The normalized spacial score (nSPS) is 16.7. The van der Waals surface area contributed by atoms with Gasteiger partial charge in [0.1, 0.15) is 0 Å². The summed E-state index contributed by atoms with van der Waals surface area (Å²) in [6, 6.07) is 5.67. The van der Waals surface area contributed by atoms with Gasteiger partial charge in [-0.15, -0.1) is 0 Å². The van der Waals surface area contributed by atoms with Crippen LogP contribution in [0.1, 0.15) is 17.3 Å². The molecule has 8 nitrogen and oxygen atoms in total. The number of carbonyl (C=O) groups is 2. The largest absolute Gasteiger partial charge is 0.481 e. The topological polar surface area (TPSA) is 104 Å². The minimum atomic E-state index is -3.81. The van der Waals surface area contributed by atoms with Crippen LogP contribution in [-0.4, -0.2) is 74.5 Å². The molecule has 0 saturated carbocycles. The van der Waals surface area contributed by atoms with Crippen LogP contribution in [0.2, 0.25) is 0 Å². The maximum absolute atomic E-state index is 12.5. The number of benzene rings is 1. The lowest BCUT2D eigenvalue weighted by atomic mass is 10.2. The molecule has 1 fully saturated rings. The Morgan fingerprint density at radius 3 is 2.32 bits per heavy atom. The fourth-order valence-electron chi connectivity index (χ4n) is 2.46. The van der Waals surface area contributed by atoms with E-state index in [2.05, 4.69) is 0 Å². The molecule has 0 aromatic heterocycles. The molecule has 9 heteroatoms. The summed E-state index contributed by atoms with van der Waals surface area (Å²) in [5.74, 6) is -2.05. The molecule has 1 aliphatic heterocycles.